The van der Waals surface area contributed by atoms with Crippen LogP contribution in [0, 0.1) is 5.92 Å². The third-order valence-corrected chi connectivity index (χ3v) is 8.66. The van der Waals surface area contributed by atoms with Crippen LogP contribution in [0.1, 0.15) is 76.2 Å². The van der Waals surface area contributed by atoms with Crippen LogP contribution in [-0.2, 0) is 4.74 Å². The van der Waals surface area contributed by atoms with Crippen molar-refractivity contribution in [2.24, 2.45) is 5.92 Å². The molecule has 7 nitrogen and oxygen atoms in total. The summed E-state index contributed by atoms with van der Waals surface area (Å²) in [6, 6.07) is 6.94. The molecule has 1 aliphatic carbocycles. The Hall–Kier alpha value is -2.09. The zero-order valence-corrected chi connectivity index (χ0v) is 23.1. The largest absolute Gasteiger partial charge is 0.488 e. The van der Waals surface area contributed by atoms with E-state index < -0.39 is 0 Å². The molecule has 0 spiro atoms. The maximum Gasteiger partial charge on any atom is 0.229 e. The second-order valence-electron chi connectivity index (χ2n) is 11.0. The van der Waals surface area contributed by atoms with E-state index in [2.05, 4.69) is 52.7 Å². The van der Waals surface area contributed by atoms with Gasteiger partial charge < -0.3 is 25.0 Å². The fraction of sp³-hybridized carbons (Fsp3) is 0.655. The van der Waals surface area contributed by atoms with Crippen molar-refractivity contribution in [3.05, 3.63) is 35.0 Å². The van der Waals surface area contributed by atoms with Gasteiger partial charge in [0.2, 0.25) is 5.95 Å². The van der Waals surface area contributed by atoms with Gasteiger partial charge in [0.15, 0.2) is 5.82 Å². The minimum absolute atomic E-state index is 0.279. The van der Waals surface area contributed by atoms with E-state index in [9.17, 15) is 0 Å². The second kappa shape index (κ2) is 12.6. The first-order chi connectivity index (χ1) is 18.1. The van der Waals surface area contributed by atoms with Gasteiger partial charge in [0.1, 0.15) is 10.8 Å². The third kappa shape index (κ3) is 6.87. The molecule has 3 fully saturated rings. The van der Waals surface area contributed by atoms with E-state index in [-0.39, 0.29) is 6.10 Å². The Balaban J connectivity index is 1.35. The molecule has 3 heterocycles. The first-order valence-electron chi connectivity index (χ1n) is 14.2. The number of benzene rings is 1. The molecule has 8 heteroatoms. The fourth-order valence-corrected chi connectivity index (χ4v) is 6.16. The monoisotopic (exact) mass is 527 g/mol. The number of likely N-dealkylation sites (tertiary alicyclic amines) is 1. The molecule has 37 heavy (non-hydrogen) atoms. The molecule has 0 amide bonds. The van der Waals surface area contributed by atoms with Gasteiger partial charge in [-0.2, -0.15) is 4.98 Å². The van der Waals surface area contributed by atoms with E-state index in [4.69, 9.17) is 26.1 Å². The molecule has 0 unspecified atom stereocenters. The number of halogens is 1. The summed E-state index contributed by atoms with van der Waals surface area (Å²) >= 11 is 6.53. The van der Waals surface area contributed by atoms with Gasteiger partial charge >= 0.3 is 0 Å². The number of hydrogen-bond donors (Lipinski definition) is 2. The predicted molar refractivity (Wildman–Crippen MR) is 150 cm³/mol. The number of piperidine rings is 1. The summed E-state index contributed by atoms with van der Waals surface area (Å²) in [5, 5.41) is 7.59. The Morgan fingerprint density at radius 2 is 1.86 bits per heavy atom. The van der Waals surface area contributed by atoms with E-state index in [1.165, 1.54) is 31.2 Å². The van der Waals surface area contributed by atoms with Gasteiger partial charge in [-0.05, 0) is 107 Å². The number of nitrogens with zero attached hydrogens (tertiary/aromatic N) is 3. The van der Waals surface area contributed by atoms with Gasteiger partial charge in [0.05, 0.1) is 18.0 Å². The zero-order valence-electron chi connectivity index (χ0n) is 22.3. The number of hydrogen-bond acceptors (Lipinski definition) is 7. The smallest absolute Gasteiger partial charge is 0.229 e. The molecule has 1 aromatic carbocycles. The van der Waals surface area contributed by atoms with Crippen molar-refractivity contribution < 1.29 is 9.47 Å². The predicted octanol–water partition coefficient (Wildman–Crippen LogP) is 6.62. The normalized spacial score (nSPS) is 21.2. The van der Waals surface area contributed by atoms with Crippen molar-refractivity contribution in [2.45, 2.75) is 82.8 Å². The van der Waals surface area contributed by atoms with Crippen LogP contribution < -0.4 is 15.4 Å². The average Bonchev–Trinajstić information content (AvgIpc) is 3.44. The number of ether oxygens (including phenoxy) is 2. The van der Waals surface area contributed by atoms with Crippen molar-refractivity contribution in [1.29, 1.82) is 0 Å². The summed E-state index contributed by atoms with van der Waals surface area (Å²) in [6.45, 7) is 6.14. The van der Waals surface area contributed by atoms with Crippen LogP contribution in [0.4, 0.5) is 17.5 Å². The van der Waals surface area contributed by atoms with Crippen molar-refractivity contribution in [3.63, 3.8) is 0 Å². The Labute approximate surface area is 226 Å². The van der Waals surface area contributed by atoms with Crippen molar-refractivity contribution in [1.82, 2.24) is 14.9 Å². The quantitative estimate of drug-likeness (QED) is 0.379. The molecule has 3 aliphatic rings. The Morgan fingerprint density at radius 3 is 2.59 bits per heavy atom. The molecule has 0 bridgehead atoms. The van der Waals surface area contributed by atoms with Crippen LogP contribution in [0.25, 0.3) is 0 Å². The van der Waals surface area contributed by atoms with Crippen molar-refractivity contribution >= 4 is 29.1 Å². The van der Waals surface area contributed by atoms with Crippen LogP contribution in [0.3, 0.4) is 0 Å². The van der Waals surface area contributed by atoms with Crippen LogP contribution in [0.15, 0.2) is 24.4 Å². The maximum atomic E-state index is 6.56. The van der Waals surface area contributed by atoms with Gasteiger partial charge in [-0.15, -0.1) is 0 Å². The lowest BCUT2D eigenvalue weighted by Crippen LogP contribution is -2.33. The molecular weight excluding hydrogens is 486 g/mol. The standard InChI is InChI=1S/C29H42ClN5O2/c1-3-25(21-12-16-36-17-13-21)32-28-24(30)19-31-29(34-28)33-26-9-8-22(20-10-14-35(2)15-11-20)18-27(26)37-23-6-4-5-7-23/h8-9,18-21,23,25H,3-7,10-17H2,1-2H3,(H2,31,32,33,34)/t25-/m1/s1. The van der Waals surface area contributed by atoms with Gasteiger partial charge in [0.25, 0.3) is 0 Å². The first kappa shape index (κ1) is 26.5. The minimum Gasteiger partial charge on any atom is -0.488 e. The van der Waals surface area contributed by atoms with E-state index in [1.807, 2.05) is 0 Å². The summed E-state index contributed by atoms with van der Waals surface area (Å²) in [4.78, 5) is 11.7. The summed E-state index contributed by atoms with van der Waals surface area (Å²) < 4.78 is 12.1. The minimum atomic E-state index is 0.279. The SMILES string of the molecule is CC[C@@H](Nc1nc(Nc2ccc(C3CCN(C)CC3)cc2OC2CCCC2)ncc1Cl)C1CCOCC1. The van der Waals surface area contributed by atoms with Gasteiger partial charge in [0, 0.05) is 19.3 Å². The molecule has 1 aromatic heterocycles. The Morgan fingerprint density at radius 1 is 1.11 bits per heavy atom. The molecular formula is C29H42ClN5O2. The van der Waals surface area contributed by atoms with Crippen molar-refractivity contribution in [2.75, 3.05) is 44.0 Å². The number of anilines is 3. The lowest BCUT2D eigenvalue weighted by molar-refractivity contribution is 0.0602. The topological polar surface area (TPSA) is 71.5 Å². The van der Waals surface area contributed by atoms with E-state index >= 15 is 0 Å². The van der Waals surface area contributed by atoms with Crippen LogP contribution in [0.2, 0.25) is 5.02 Å². The summed E-state index contributed by atoms with van der Waals surface area (Å²) in [6.07, 6.45) is 12.2. The Kier molecular flexibility index (Phi) is 9.06. The highest BCUT2D eigenvalue weighted by molar-refractivity contribution is 6.32. The fourth-order valence-electron chi connectivity index (χ4n) is 6.02. The molecule has 1 atom stereocenters. The second-order valence-corrected chi connectivity index (χ2v) is 11.4. The van der Waals surface area contributed by atoms with Gasteiger partial charge in [-0.1, -0.05) is 24.6 Å². The molecule has 2 aromatic rings. The lowest BCUT2D eigenvalue weighted by Gasteiger charge is -2.31. The van der Waals surface area contributed by atoms with Crippen LogP contribution in [-0.4, -0.2) is 60.4 Å². The van der Waals surface area contributed by atoms with Crippen LogP contribution in [0.5, 0.6) is 5.75 Å². The number of nitrogens with one attached hydrogen (secondary N) is 2. The highest BCUT2D eigenvalue weighted by Crippen LogP contribution is 2.37. The molecule has 2 aliphatic heterocycles. The van der Waals surface area contributed by atoms with Gasteiger partial charge in [-0.3, -0.25) is 0 Å². The third-order valence-electron chi connectivity index (χ3n) is 8.38. The Bertz CT molecular complexity index is 1020. The van der Waals surface area contributed by atoms with Gasteiger partial charge in [-0.25, -0.2) is 4.98 Å². The molecule has 0 radical (unpaired) electrons. The highest BCUT2D eigenvalue weighted by Gasteiger charge is 2.25. The summed E-state index contributed by atoms with van der Waals surface area (Å²) in [5.74, 6) is 3.25. The van der Waals surface area contributed by atoms with E-state index in [0.29, 0.717) is 34.7 Å². The van der Waals surface area contributed by atoms with E-state index in [1.54, 1.807) is 6.20 Å². The average molecular weight is 528 g/mol. The highest BCUT2D eigenvalue weighted by atomic mass is 35.5. The molecule has 2 saturated heterocycles. The lowest BCUT2D eigenvalue weighted by atomic mass is 9.89. The first-order valence-corrected chi connectivity index (χ1v) is 14.6. The zero-order chi connectivity index (χ0) is 25.6. The van der Waals surface area contributed by atoms with Crippen LogP contribution >= 0.6 is 11.6 Å². The molecule has 1 saturated carbocycles. The molecule has 2 N–H and O–H groups in total. The molecule has 202 valence electrons. The number of aromatic nitrogens is 2. The van der Waals surface area contributed by atoms with Crippen molar-refractivity contribution in [3.8, 4) is 5.75 Å². The molecule has 5 rings (SSSR count). The number of rotatable bonds is 9. The summed E-state index contributed by atoms with van der Waals surface area (Å²) in [7, 11) is 2.21. The van der Waals surface area contributed by atoms with E-state index in [0.717, 1.165) is 69.8 Å². The maximum absolute atomic E-state index is 6.56. The summed E-state index contributed by atoms with van der Waals surface area (Å²) in [5.41, 5.74) is 2.28.